The Hall–Kier alpha value is -1.21. The van der Waals surface area contributed by atoms with Crippen molar-refractivity contribution in [1.82, 2.24) is 4.31 Å². The van der Waals surface area contributed by atoms with Gasteiger partial charge in [0.15, 0.2) is 0 Å². The monoisotopic (exact) mass is 311 g/mol. The van der Waals surface area contributed by atoms with Gasteiger partial charge >= 0.3 is 0 Å². The molecule has 0 bridgehead atoms. The second-order valence-corrected chi connectivity index (χ2v) is 7.67. The number of benzene rings is 1. The molecule has 108 valence electrons. The molecule has 0 aliphatic heterocycles. The van der Waals surface area contributed by atoms with Crippen LogP contribution in [0.2, 0.25) is 0 Å². The molecule has 0 amide bonds. The minimum Gasteiger partial charge on any atom is -0.389 e. The molecule has 4 nitrogen and oxygen atoms in total. The smallest absolute Gasteiger partial charge is 0.243 e. The van der Waals surface area contributed by atoms with Gasteiger partial charge < -0.3 is 5.11 Å². The third-order valence-corrected chi connectivity index (χ3v) is 5.67. The summed E-state index contributed by atoms with van der Waals surface area (Å²) in [6.45, 7) is 1.96. The Bertz CT molecular complexity index is 663. The minimum absolute atomic E-state index is 0.204. The maximum atomic E-state index is 12.5. The number of hydrogen-bond donors (Lipinski definition) is 1. The normalized spacial score (nSPS) is 13.6. The molecular formula is C14H17NO3S2. The van der Waals surface area contributed by atoms with Gasteiger partial charge in [0.05, 0.1) is 11.0 Å². The van der Waals surface area contributed by atoms with Crippen molar-refractivity contribution in [2.75, 3.05) is 7.05 Å². The van der Waals surface area contributed by atoms with E-state index >= 15 is 0 Å². The fourth-order valence-electron chi connectivity index (χ4n) is 1.82. The molecule has 0 spiro atoms. The fourth-order valence-corrected chi connectivity index (χ4v) is 3.87. The van der Waals surface area contributed by atoms with E-state index in [9.17, 15) is 13.5 Å². The van der Waals surface area contributed by atoms with Crippen LogP contribution in [-0.4, -0.2) is 24.9 Å². The molecule has 1 aromatic heterocycles. The third-order valence-electron chi connectivity index (χ3n) is 3.01. The van der Waals surface area contributed by atoms with Crippen LogP contribution in [0.1, 0.15) is 23.5 Å². The number of aliphatic hydroxyl groups is 1. The number of nitrogens with zero attached hydrogens (tertiary/aromatic N) is 1. The Morgan fingerprint density at radius 2 is 2.05 bits per heavy atom. The highest BCUT2D eigenvalue weighted by Crippen LogP contribution is 2.22. The standard InChI is InChI=1S/C14H17NO3S2/c1-11(16)12-5-3-7-14(9-12)20(17,18)15(2)10-13-6-4-8-19-13/h3-9,11,16H,10H2,1-2H3. The van der Waals surface area contributed by atoms with Crippen LogP contribution in [0.3, 0.4) is 0 Å². The van der Waals surface area contributed by atoms with E-state index < -0.39 is 16.1 Å². The lowest BCUT2D eigenvalue weighted by Gasteiger charge is -2.17. The maximum absolute atomic E-state index is 12.5. The first-order chi connectivity index (χ1) is 9.41. The molecule has 0 radical (unpaired) electrons. The molecule has 1 aromatic carbocycles. The van der Waals surface area contributed by atoms with Crippen molar-refractivity contribution < 1.29 is 13.5 Å². The molecule has 0 fully saturated rings. The summed E-state index contributed by atoms with van der Waals surface area (Å²) in [6.07, 6.45) is -0.687. The molecular weight excluding hydrogens is 294 g/mol. The van der Waals surface area contributed by atoms with E-state index in [-0.39, 0.29) is 4.90 Å². The van der Waals surface area contributed by atoms with Crippen molar-refractivity contribution in [2.24, 2.45) is 0 Å². The van der Waals surface area contributed by atoms with Gasteiger partial charge in [-0.05, 0) is 36.1 Å². The van der Waals surface area contributed by atoms with Crippen LogP contribution in [0.25, 0.3) is 0 Å². The summed E-state index contributed by atoms with van der Waals surface area (Å²) in [4.78, 5) is 1.19. The molecule has 20 heavy (non-hydrogen) atoms. The average Bonchev–Trinajstić information content (AvgIpc) is 2.91. The Morgan fingerprint density at radius 3 is 2.65 bits per heavy atom. The predicted octanol–water partition coefficient (Wildman–Crippen LogP) is 2.62. The van der Waals surface area contributed by atoms with Crippen molar-refractivity contribution in [3.8, 4) is 0 Å². The van der Waals surface area contributed by atoms with Crippen molar-refractivity contribution in [1.29, 1.82) is 0 Å². The summed E-state index contributed by atoms with van der Waals surface area (Å²) in [5, 5.41) is 11.5. The highest BCUT2D eigenvalue weighted by molar-refractivity contribution is 7.89. The number of aliphatic hydroxyl groups excluding tert-OH is 1. The molecule has 1 atom stereocenters. The van der Waals surface area contributed by atoms with Crippen molar-refractivity contribution in [2.45, 2.75) is 24.5 Å². The highest BCUT2D eigenvalue weighted by atomic mass is 32.2. The highest BCUT2D eigenvalue weighted by Gasteiger charge is 2.21. The molecule has 1 N–H and O–H groups in total. The first kappa shape index (κ1) is 15.2. The summed E-state index contributed by atoms with van der Waals surface area (Å²) in [5.74, 6) is 0. The van der Waals surface area contributed by atoms with Crippen LogP contribution in [0.4, 0.5) is 0 Å². The molecule has 0 aliphatic carbocycles. The Kier molecular flexibility index (Phi) is 4.59. The van der Waals surface area contributed by atoms with E-state index in [1.807, 2.05) is 17.5 Å². The van der Waals surface area contributed by atoms with Crippen LogP contribution >= 0.6 is 11.3 Å². The van der Waals surface area contributed by atoms with Crippen molar-refractivity contribution in [3.05, 3.63) is 52.2 Å². The van der Waals surface area contributed by atoms with Crippen LogP contribution in [0.15, 0.2) is 46.7 Å². The summed E-state index contributed by atoms with van der Waals surface area (Å²) in [5.41, 5.74) is 0.593. The van der Waals surface area contributed by atoms with E-state index in [0.717, 1.165) is 4.88 Å². The molecule has 0 saturated heterocycles. The van der Waals surface area contributed by atoms with E-state index in [0.29, 0.717) is 12.1 Å². The van der Waals surface area contributed by atoms with Gasteiger partial charge in [0, 0.05) is 18.5 Å². The molecule has 6 heteroatoms. The molecule has 2 rings (SSSR count). The molecule has 2 aromatic rings. The fraction of sp³-hybridized carbons (Fsp3) is 0.286. The van der Waals surface area contributed by atoms with Gasteiger partial charge in [0.25, 0.3) is 0 Å². The largest absolute Gasteiger partial charge is 0.389 e. The lowest BCUT2D eigenvalue weighted by Crippen LogP contribution is -2.26. The molecule has 0 saturated carbocycles. The zero-order chi connectivity index (χ0) is 14.8. The summed E-state index contributed by atoms with van der Waals surface area (Å²) < 4.78 is 26.3. The molecule has 1 unspecified atom stereocenters. The lowest BCUT2D eigenvalue weighted by molar-refractivity contribution is 0.199. The van der Waals surface area contributed by atoms with Gasteiger partial charge in [-0.25, -0.2) is 8.42 Å². The lowest BCUT2D eigenvalue weighted by atomic mass is 10.1. The zero-order valence-corrected chi connectivity index (χ0v) is 13.0. The zero-order valence-electron chi connectivity index (χ0n) is 11.4. The van der Waals surface area contributed by atoms with Crippen LogP contribution < -0.4 is 0 Å². The van der Waals surface area contributed by atoms with Crippen molar-refractivity contribution in [3.63, 3.8) is 0 Å². The van der Waals surface area contributed by atoms with Gasteiger partial charge in [-0.1, -0.05) is 18.2 Å². The summed E-state index contributed by atoms with van der Waals surface area (Å²) in [7, 11) is -1.98. The number of sulfonamides is 1. The van der Waals surface area contributed by atoms with E-state index in [2.05, 4.69) is 0 Å². The summed E-state index contributed by atoms with van der Waals surface area (Å²) in [6, 6.07) is 10.2. The third kappa shape index (κ3) is 3.27. The van der Waals surface area contributed by atoms with Gasteiger partial charge in [-0.2, -0.15) is 4.31 Å². The van der Waals surface area contributed by atoms with E-state index in [4.69, 9.17) is 0 Å². The van der Waals surface area contributed by atoms with E-state index in [1.54, 1.807) is 32.2 Å². The Labute approximate surface area is 123 Å². The molecule has 0 aliphatic rings. The second kappa shape index (κ2) is 6.05. The second-order valence-electron chi connectivity index (χ2n) is 4.59. The number of rotatable bonds is 5. The molecule has 1 heterocycles. The average molecular weight is 311 g/mol. The summed E-state index contributed by atoms with van der Waals surface area (Å²) >= 11 is 1.52. The predicted molar refractivity (Wildman–Crippen MR) is 80.0 cm³/mol. The van der Waals surface area contributed by atoms with Crippen molar-refractivity contribution >= 4 is 21.4 Å². The Balaban J connectivity index is 2.27. The van der Waals surface area contributed by atoms with E-state index in [1.165, 1.54) is 21.7 Å². The first-order valence-corrected chi connectivity index (χ1v) is 8.50. The van der Waals surface area contributed by atoms with Gasteiger partial charge in [0.1, 0.15) is 0 Å². The first-order valence-electron chi connectivity index (χ1n) is 6.18. The maximum Gasteiger partial charge on any atom is 0.243 e. The van der Waals surface area contributed by atoms with Crippen LogP contribution in [-0.2, 0) is 16.6 Å². The van der Waals surface area contributed by atoms with Gasteiger partial charge in [0.2, 0.25) is 10.0 Å². The number of thiophene rings is 1. The Morgan fingerprint density at radius 1 is 1.30 bits per heavy atom. The topological polar surface area (TPSA) is 57.6 Å². The van der Waals surface area contributed by atoms with Crippen LogP contribution in [0.5, 0.6) is 0 Å². The SMILES string of the molecule is CC(O)c1cccc(S(=O)(=O)N(C)Cc2cccs2)c1. The quantitative estimate of drug-likeness (QED) is 0.923. The van der Waals surface area contributed by atoms with Crippen LogP contribution in [0, 0.1) is 0 Å². The number of hydrogen-bond acceptors (Lipinski definition) is 4. The minimum atomic E-state index is -3.54. The van der Waals surface area contributed by atoms with Gasteiger partial charge in [-0.15, -0.1) is 11.3 Å². The van der Waals surface area contributed by atoms with Gasteiger partial charge in [-0.3, -0.25) is 0 Å².